The highest BCUT2D eigenvalue weighted by molar-refractivity contribution is 5.92. The second-order valence-corrected chi connectivity index (χ2v) is 5.54. The summed E-state index contributed by atoms with van der Waals surface area (Å²) < 4.78 is 0. The average molecular weight is 275 g/mol. The van der Waals surface area contributed by atoms with Crippen LogP contribution in [0.3, 0.4) is 0 Å². The molecule has 2 N–H and O–H groups in total. The monoisotopic (exact) mass is 275 g/mol. The van der Waals surface area contributed by atoms with Crippen LogP contribution in [0.5, 0.6) is 0 Å². The second kappa shape index (κ2) is 7.41. The maximum atomic E-state index is 12.1. The van der Waals surface area contributed by atoms with Crippen LogP contribution in [0.2, 0.25) is 0 Å². The summed E-state index contributed by atoms with van der Waals surface area (Å²) >= 11 is 0. The number of benzene rings is 1. The molecule has 1 aliphatic heterocycles. The molecule has 1 fully saturated rings. The molecule has 110 valence electrons. The number of anilines is 1. The SMILES string of the molecule is CCN(CC(=O)Nc1ccc(C)cc1)CC1CCCN1. The molecule has 1 saturated heterocycles. The van der Waals surface area contributed by atoms with Crippen molar-refractivity contribution >= 4 is 11.6 Å². The summed E-state index contributed by atoms with van der Waals surface area (Å²) in [6.07, 6.45) is 2.47. The standard InChI is InChI=1S/C16H25N3O/c1-3-19(11-15-5-4-10-17-15)12-16(20)18-14-8-6-13(2)7-9-14/h6-9,15,17H,3-5,10-12H2,1-2H3,(H,18,20). The highest BCUT2D eigenvalue weighted by Crippen LogP contribution is 2.09. The van der Waals surface area contributed by atoms with E-state index in [9.17, 15) is 4.79 Å². The molecule has 0 spiro atoms. The molecule has 1 aromatic carbocycles. The van der Waals surface area contributed by atoms with Gasteiger partial charge in [-0.1, -0.05) is 24.6 Å². The summed E-state index contributed by atoms with van der Waals surface area (Å²) in [5.74, 6) is 0.0636. The molecule has 1 amide bonds. The summed E-state index contributed by atoms with van der Waals surface area (Å²) in [7, 11) is 0. The minimum absolute atomic E-state index is 0.0636. The van der Waals surface area contributed by atoms with Crippen molar-refractivity contribution in [2.45, 2.75) is 32.7 Å². The Bertz CT molecular complexity index is 424. The zero-order chi connectivity index (χ0) is 14.4. The molecule has 0 radical (unpaired) electrons. The predicted molar refractivity (Wildman–Crippen MR) is 82.9 cm³/mol. The van der Waals surface area contributed by atoms with E-state index in [0.29, 0.717) is 12.6 Å². The number of amides is 1. The number of nitrogens with one attached hydrogen (secondary N) is 2. The summed E-state index contributed by atoms with van der Waals surface area (Å²) in [6, 6.07) is 8.46. The molecule has 1 atom stereocenters. The highest BCUT2D eigenvalue weighted by Gasteiger charge is 2.18. The highest BCUT2D eigenvalue weighted by atomic mass is 16.2. The molecule has 1 unspecified atom stereocenters. The number of likely N-dealkylation sites (N-methyl/N-ethyl adjacent to an activating group) is 1. The van der Waals surface area contributed by atoms with Crippen LogP contribution in [0.15, 0.2) is 24.3 Å². The topological polar surface area (TPSA) is 44.4 Å². The third kappa shape index (κ3) is 4.62. The Morgan fingerprint density at radius 3 is 2.75 bits per heavy atom. The zero-order valence-corrected chi connectivity index (χ0v) is 12.5. The Morgan fingerprint density at radius 1 is 1.40 bits per heavy atom. The van der Waals surface area contributed by atoms with Crippen LogP contribution >= 0.6 is 0 Å². The van der Waals surface area contributed by atoms with E-state index in [0.717, 1.165) is 25.3 Å². The molecule has 4 heteroatoms. The van der Waals surface area contributed by atoms with Crippen molar-refractivity contribution in [2.75, 3.05) is 31.5 Å². The van der Waals surface area contributed by atoms with Crippen molar-refractivity contribution in [1.82, 2.24) is 10.2 Å². The van der Waals surface area contributed by atoms with Crippen molar-refractivity contribution < 1.29 is 4.79 Å². The summed E-state index contributed by atoms with van der Waals surface area (Å²) in [5.41, 5.74) is 2.07. The van der Waals surface area contributed by atoms with Gasteiger partial charge in [-0.15, -0.1) is 0 Å². The fourth-order valence-corrected chi connectivity index (χ4v) is 2.57. The van der Waals surface area contributed by atoms with Crippen molar-refractivity contribution in [3.63, 3.8) is 0 Å². The van der Waals surface area contributed by atoms with Crippen molar-refractivity contribution in [2.24, 2.45) is 0 Å². The first-order chi connectivity index (χ1) is 9.67. The van der Waals surface area contributed by atoms with E-state index < -0.39 is 0 Å². The van der Waals surface area contributed by atoms with Gasteiger partial charge in [0.15, 0.2) is 0 Å². The number of aryl methyl sites for hydroxylation is 1. The maximum Gasteiger partial charge on any atom is 0.238 e. The van der Waals surface area contributed by atoms with Crippen LogP contribution in [0.1, 0.15) is 25.3 Å². The normalized spacial score (nSPS) is 18.4. The molecular formula is C16H25N3O. The van der Waals surface area contributed by atoms with Crippen LogP contribution in [0.25, 0.3) is 0 Å². The summed E-state index contributed by atoms with van der Waals surface area (Å²) in [4.78, 5) is 14.3. The Balaban J connectivity index is 1.80. The molecular weight excluding hydrogens is 250 g/mol. The van der Waals surface area contributed by atoms with Gasteiger partial charge < -0.3 is 10.6 Å². The van der Waals surface area contributed by atoms with Gasteiger partial charge in [0.05, 0.1) is 6.54 Å². The zero-order valence-electron chi connectivity index (χ0n) is 12.5. The average Bonchev–Trinajstić information content (AvgIpc) is 2.93. The van der Waals surface area contributed by atoms with E-state index in [1.807, 2.05) is 31.2 Å². The van der Waals surface area contributed by atoms with Gasteiger partial charge >= 0.3 is 0 Å². The van der Waals surface area contributed by atoms with E-state index in [1.54, 1.807) is 0 Å². The van der Waals surface area contributed by atoms with Gasteiger partial charge in [-0.2, -0.15) is 0 Å². The number of hydrogen-bond acceptors (Lipinski definition) is 3. The first-order valence-electron chi connectivity index (χ1n) is 7.49. The maximum absolute atomic E-state index is 12.1. The van der Waals surface area contributed by atoms with E-state index in [1.165, 1.54) is 18.4 Å². The van der Waals surface area contributed by atoms with Gasteiger partial charge in [0.1, 0.15) is 0 Å². The molecule has 0 bridgehead atoms. The smallest absolute Gasteiger partial charge is 0.238 e. The number of hydrogen-bond donors (Lipinski definition) is 2. The summed E-state index contributed by atoms with van der Waals surface area (Å²) in [6.45, 7) is 7.57. The molecule has 1 aromatic rings. The second-order valence-electron chi connectivity index (χ2n) is 5.54. The molecule has 0 aromatic heterocycles. The largest absolute Gasteiger partial charge is 0.325 e. The minimum Gasteiger partial charge on any atom is -0.325 e. The Kier molecular flexibility index (Phi) is 5.56. The van der Waals surface area contributed by atoms with Gasteiger partial charge in [0.2, 0.25) is 5.91 Å². The molecule has 4 nitrogen and oxygen atoms in total. The number of carbonyl (C=O) groups excluding carboxylic acids is 1. The first kappa shape index (κ1) is 15.0. The van der Waals surface area contributed by atoms with Gasteiger partial charge in [-0.3, -0.25) is 9.69 Å². The Hall–Kier alpha value is -1.39. The quantitative estimate of drug-likeness (QED) is 0.834. The van der Waals surface area contributed by atoms with E-state index >= 15 is 0 Å². The molecule has 1 aliphatic rings. The lowest BCUT2D eigenvalue weighted by atomic mass is 10.2. The lowest BCUT2D eigenvalue weighted by molar-refractivity contribution is -0.117. The van der Waals surface area contributed by atoms with E-state index in [4.69, 9.17) is 0 Å². The molecule has 20 heavy (non-hydrogen) atoms. The van der Waals surface area contributed by atoms with E-state index in [2.05, 4.69) is 22.5 Å². The Morgan fingerprint density at radius 2 is 2.15 bits per heavy atom. The molecule has 0 aliphatic carbocycles. The fraction of sp³-hybridized carbons (Fsp3) is 0.562. The van der Waals surface area contributed by atoms with E-state index in [-0.39, 0.29) is 5.91 Å². The number of carbonyl (C=O) groups is 1. The molecule has 1 heterocycles. The van der Waals surface area contributed by atoms with Crippen LogP contribution in [-0.4, -0.2) is 43.0 Å². The molecule has 0 saturated carbocycles. The van der Waals surface area contributed by atoms with Crippen molar-refractivity contribution in [1.29, 1.82) is 0 Å². The number of rotatable bonds is 6. The Labute approximate surface area is 121 Å². The van der Waals surface area contributed by atoms with Crippen LogP contribution in [0, 0.1) is 6.92 Å². The van der Waals surface area contributed by atoms with Crippen LogP contribution in [-0.2, 0) is 4.79 Å². The van der Waals surface area contributed by atoms with Crippen molar-refractivity contribution in [3.05, 3.63) is 29.8 Å². The molecule has 2 rings (SSSR count). The third-order valence-electron chi connectivity index (χ3n) is 3.79. The third-order valence-corrected chi connectivity index (χ3v) is 3.79. The lowest BCUT2D eigenvalue weighted by Gasteiger charge is -2.23. The lowest BCUT2D eigenvalue weighted by Crippen LogP contribution is -2.41. The first-order valence-corrected chi connectivity index (χ1v) is 7.49. The van der Waals surface area contributed by atoms with Gasteiger partial charge in [-0.25, -0.2) is 0 Å². The number of nitrogens with zero attached hydrogens (tertiary/aromatic N) is 1. The van der Waals surface area contributed by atoms with Crippen molar-refractivity contribution in [3.8, 4) is 0 Å². The van der Waals surface area contributed by atoms with Crippen LogP contribution < -0.4 is 10.6 Å². The van der Waals surface area contributed by atoms with Gasteiger partial charge in [-0.05, 0) is 45.0 Å². The van der Waals surface area contributed by atoms with Crippen LogP contribution in [0.4, 0.5) is 5.69 Å². The predicted octanol–water partition coefficient (Wildman–Crippen LogP) is 2.01. The van der Waals surface area contributed by atoms with Gasteiger partial charge in [0.25, 0.3) is 0 Å². The summed E-state index contributed by atoms with van der Waals surface area (Å²) in [5, 5.41) is 6.43. The minimum atomic E-state index is 0.0636. The van der Waals surface area contributed by atoms with Gasteiger partial charge in [0, 0.05) is 18.3 Å². The fourth-order valence-electron chi connectivity index (χ4n) is 2.57.